The summed E-state index contributed by atoms with van der Waals surface area (Å²) < 4.78 is 5.29. The Morgan fingerprint density at radius 2 is 2.00 bits per heavy atom. The second-order valence-corrected chi connectivity index (χ2v) is 4.44. The van der Waals surface area contributed by atoms with Crippen LogP contribution in [0.2, 0.25) is 0 Å². The van der Waals surface area contributed by atoms with Gasteiger partial charge in [-0.2, -0.15) is 0 Å². The zero-order valence-electron chi connectivity index (χ0n) is 9.33. The summed E-state index contributed by atoms with van der Waals surface area (Å²) in [6.45, 7) is 6.12. The number of benzene rings is 1. The SMILES string of the molecule is CCC1(CNCc2ccccc2)COC1. The van der Waals surface area contributed by atoms with Crippen molar-refractivity contribution in [1.82, 2.24) is 5.32 Å². The van der Waals surface area contributed by atoms with Crippen molar-refractivity contribution in [3.05, 3.63) is 35.9 Å². The molecule has 0 unspecified atom stereocenters. The summed E-state index contributed by atoms with van der Waals surface area (Å²) in [6.07, 6.45) is 1.20. The Bertz CT molecular complexity index is 287. The van der Waals surface area contributed by atoms with Gasteiger partial charge in [0.25, 0.3) is 0 Å². The molecule has 0 atom stereocenters. The van der Waals surface area contributed by atoms with Crippen molar-refractivity contribution in [2.75, 3.05) is 19.8 Å². The fourth-order valence-electron chi connectivity index (χ4n) is 1.89. The molecule has 2 rings (SSSR count). The monoisotopic (exact) mass is 205 g/mol. The maximum atomic E-state index is 5.29. The van der Waals surface area contributed by atoms with Crippen molar-refractivity contribution in [3.63, 3.8) is 0 Å². The van der Waals surface area contributed by atoms with Gasteiger partial charge in [-0.3, -0.25) is 0 Å². The molecule has 1 saturated heterocycles. The number of hydrogen-bond acceptors (Lipinski definition) is 2. The summed E-state index contributed by atoms with van der Waals surface area (Å²) in [7, 11) is 0. The van der Waals surface area contributed by atoms with Crippen LogP contribution in [-0.2, 0) is 11.3 Å². The van der Waals surface area contributed by atoms with Crippen LogP contribution in [0.4, 0.5) is 0 Å². The predicted molar refractivity (Wildman–Crippen MR) is 61.7 cm³/mol. The molecule has 0 spiro atoms. The number of nitrogens with one attached hydrogen (secondary N) is 1. The van der Waals surface area contributed by atoms with Crippen LogP contribution in [0.1, 0.15) is 18.9 Å². The van der Waals surface area contributed by atoms with Crippen molar-refractivity contribution in [3.8, 4) is 0 Å². The highest BCUT2D eigenvalue weighted by Crippen LogP contribution is 2.30. The molecule has 1 aromatic rings. The van der Waals surface area contributed by atoms with Crippen molar-refractivity contribution in [2.45, 2.75) is 19.9 Å². The van der Waals surface area contributed by atoms with Gasteiger partial charge in [0.05, 0.1) is 13.2 Å². The Hall–Kier alpha value is -0.860. The average Bonchev–Trinajstić information content (AvgIpc) is 2.24. The van der Waals surface area contributed by atoms with Gasteiger partial charge in [-0.1, -0.05) is 37.3 Å². The first-order valence-corrected chi connectivity index (χ1v) is 5.67. The van der Waals surface area contributed by atoms with Gasteiger partial charge in [-0.05, 0) is 12.0 Å². The van der Waals surface area contributed by atoms with Gasteiger partial charge in [0, 0.05) is 18.5 Å². The van der Waals surface area contributed by atoms with Crippen LogP contribution in [0.25, 0.3) is 0 Å². The largest absolute Gasteiger partial charge is 0.380 e. The molecular formula is C13H19NO. The van der Waals surface area contributed by atoms with Crippen LogP contribution in [0.3, 0.4) is 0 Å². The fraction of sp³-hybridized carbons (Fsp3) is 0.538. The Labute approximate surface area is 91.6 Å². The predicted octanol–water partition coefficient (Wildman–Crippen LogP) is 2.20. The molecule has 0 saturated carbocycles. The molecule has 2 heteroatoms. The van der Waals surface area contributed by atoms with Crippen LogP contribution in [0.15, 0.2) is 30.3 Å². The van der Waals surface area contributed by atoms with Crippen molar-refractivity contribution in [1.29, 1.82) is 0 Å². The molecule has 1 N–H and O–H groups in total. The van der Waals surface area contributed by atoms with E-state index in [1.54, 1.807) is 0 Å². The van der Waals surface area contributed by atoms with E-state index < -0.39 is 0 Å². The van der Waals surface area contributed by atoms with E-state index in [1.165, 1.54) is 12.0 Å². The third-order valence-corrected chi connectivity index (χ3v) is 3.24. The van der Waals surface area contributed by atoms with Crippen LogP contribution in [-0.4, -0.2) is 19.8 Å². The maximum absolute atomic E-state index is 5.29. The minimum atomic E-state index is 0.411. The molecule has 0 radical (unpaired) electrons. The normalized spacial score (nSPS) is 18.5. The first kappa shape index (κ1) is 10.7. The number of rotatable bonds is 5. The smallest absolute Gasteiger partial charge is 0.0556 e. The molecule has 0 aromatic heterocycles. The van der Waals surface area contributed by atoms with Crippen LogP contribution < -0.4 is 5.32 Å². The van der Waals surface area contributed by atoms with Gasteiger partial charge in [0.15, 0.2) is 0 Å². The minimum Gasteiger partial charge on any atom is -0.380 e. The molecular weight excluding hydrogens is 186 g/mol. The molecule has 1 fully saturated rings. The summed E-state index contributed by atoms with van der Waals surface area (Å²) in [6, 6.07) is 10.5. The highest BCUT2D eigenvalue weighted by atomic mass is 16.5. The van der Waals surface area contributed by atoms with Crippen LogP contribution in [0, 0.1) is 5.41 Å². The molecule has 0 bridgehead atoms. The molecule has 0 amide bonds. The molecule has 1 aliphatic heterocycles. The molecule has 2 nitrogen and oxygen atoms in total. The third kappa shape index (κ3) is 2.58. The summed E-state index contributed by atoms with van der Waals surface area (Å²) in [5, 5.41) is 3.52. The zero-order valence-corrected chi connectivity index (χ0v) is 9.33. The third-order valence-electron chi connectivity index (χ3n) is 3.24. The molecule has 1 heterocycles. The second-order valence-electron chi connectivity index (χ2n) is 4.44. The van der Waals surface area contributed by atoms with Crippen molar-refractivity contribution < 1.29 is 4.74 Å². The highest BCUT2D eigenvalue weighted by Gasteiger charge is 2.35. The molecule has 1 aromatic carbocycles. The van der Waals surface area contributed by atoms with Gasteiger partial charge in [-0.15, -0.1) is 0 Å². The van der Waals surface area contributed by atoms with Gasteiger partial charge in [-0.25, -0.2) is 0 Å². The average molecular weight is 205 g/mol. The zero-order chi connectivity index (χ0) is 10.6. The molecule has 1 aliphatic rings. The Kier molecular flexibility index (Phi) is 3.39. The van der Waals surface area contributed by atoms with Gasteiger partial charge < -0.3 is 10.1 Å². The van der Waals surface area contributed by atoms with Gasteiger partial charge in [0.2, 0.25) is 0 Å². The Morgan fingerprint density at radius 1 is 1.27 bits per heavy atom. The van der Waals surface area contributed by atoms with E-state index in [2.05, 4.69) is 42.6 Å². The van der Waals surface area contributed by atoms with E-state index in [9.17, 15) is 0 Å². The topological polar surface area (TPSA) is 21.3 Å². The highest BCUT2D eigenvalue weighted by molar-refractivity contribution is 5.14. The second kappa shape index (κ2) is 4.77. The summed E-state index contributed by atoms with van der Waals surface area (Å²) in [5.74, 6) is 0. The quantitative estimate of drug-likeness (QED) is 0.795. The Morgan fingerprint density at radius 3 is 2.53 bits per heavy atom. The number of ether oxygens (including phenoxy) is 1. The van der Waals surface area contributed by atoms with E-state index in [0.29, 0.717) is 5.41 Å². The van der Waals surface area contributed by atoms with E-state index in [1.807, 2.05) is 0 Å². The molecule has 82 valence electrons. The lowest BCUT2D eigenvalue weighted by atomic mass is 9.83. The minimum absolute atomic E-state index is 0.411. The number of hydrogen-bond donors (Lipinski definition) is 1. The Balaban J connectivity index is 1.75. The lowest BCUT2D eigenvalue weighted by Crippen LogP contribution is -2.49. The standard InChI is InChI=1S/C13H19NO/c1-2-13(10-15-11-13)9-14-8-12-6-4-3-5-7-12/h3-7,14H,2,8-11H2,1H3. The lowest BCUT2D eigenvalue weighted by Gasteiger charge is -2.41. The van der Waals surface area contributed by atoms with E-state index in [0.717, 1.165) is 26.3 Å². The van der Waals surface area contributed by atoms with Crippen LogP contribution in [0.5, 0.6) is 0 Å². The van der Waals surface area contributed by atoms with E-state index >= 15 is 0 Å². The van der Waals surface area contributed by atoms with Crippen molar-refractivity contribution >= 4 is 0 Å². The van der Waals surface area contributed by atoms with Gasteiger partial charge in [0.1, 0.15) is 0 Å². The first-order valence-electron chi connectivity index (χ1n) is 5.67. The van der Waals surface area contributed by atoms with Crippen molar-refractivity contribution in [2.24, 2.45) is 5.41 Å². The summed E-state index contributed by atoms with van der Waals surface area (Å²) in [5.41, 5.74) is 1.76. The van der Waals surface area contributed by atoms with E-state index in [4.69, 9.17) is 4.74 Å². The summed E-state index contributed by atoms with van der Waals surface area (Å²) >= 11 is 0. The first-order chi connectivity index (χ1) is 7.35. The lowest BCUT2D eigenvalue weighted by molar-refractivity contribution is -0.113. The molecule has 0 aliphatic carbocycles. The molecule has 15 heavy (non-hydrogen) atoms. The van der Waals surface area contributed by atoms with Crippen LogP contribution >= 0.6 is 0 Å². The van der Waals surface area contributed by atoms with Gasteiger partial charge >= 0.3 is 0 Å². The maximum Gasteiger partial charge on any atom is 0.0556 e. The van der Waals surface area contributed by atoms with E-state index in [-0.39, 0.29) is 0 Å². The summed E-state index contributed by atoms with van der Waals surface area (Å²) in [4.78, 5) is 0. The fourth-order valence-corrected chi connectivity index (χ4v) is 1.89.